The number of carbonyl (C=O) groups is 1. The summed E-state index contributed by atoms with van der Waals surface area (Å²) >= 11 is 0. The van der Waals surface area contributed by atoms with Gasteiger partial charge in [-0.25, -0.2) is 0 Å². The number of hydrogen-bond acceptors (Lipinski definition) is 2. The van der Waals surface area contributed by atoms with Crippen LogP contribution in [0.1, 0.15) is 6.92 Å². The second-order valence-electron chi connectivity index (χ2n) is 1.71. The van der Waals surface area contributed by atoms with Crippen molar-refractivity contribution in [2.45, 2.75) is 12.5 Å². The Balaban J connectivity index is 3.96. The molecule has 1 atom stereocenters. The second-order valence-corrected chi connectivity index (χ2v) is 1.71. The van der Waals surface area contributed by atoms with Gasteiger partial charge in [0.1, 0.15) is 5.60 Å². The van der Waals surface area contributed by atoms with Gasteiger partial charge in [-0.3, -0.25) is 4.79 Å². The van der Waals surface area contributed by atoms with Crippen LogP contribution in [0.15, 0.2) is 12.7 Å². The van der Waals surface area contributed by atoms with Gasteiger partial charge in [-0.05, 0) is 6.92 Å². The highest BCUT2D eigenvalue weighted by Gasteiger charge is 2.15. The molecule has 0 aliphatic heterocycles. The molecule has 0 aromatic heterocycles. The smallest absolute Gasteiger partial charge is 0.155 e. The van der Waals surface area contributed by atoms with Crippen LogP contribution in [0.2, 0.25) is 0 Å². The number of aldehydes is 1. The molecule has 0 fully saturated rings. The van der Waals surface area contributed by atoms with Gasteiger partial charge in [0.15, 0.2) is 6.29 Å². The van der Waals surface area contributed by atoms with Crippen molar-refractivity contribution in [1.82, 2.24) is 0 Å². The summed E-state index contributed by atoms with van der Waals surface area (Å²) in [6.45, 7) is 5.06. The summed E-state index contributed by atoms with van der Waals surface area (Å²) in [6, 6.07) is 0. The summed E-state index contributed by atoms with van der Waals surface area (Å²) in [5, 5.41) is 0. The van der Waals surface area contributed by atoms with Crippen LogP contribution in [0.3, 0.4) is 0 Å². The van der Waals surface area contributed by atoms with Crippen molar-refractivity contribution in [1.29, 1.82) is 0 Å². The fourth-order valence-corrected chi connectivity index (χ4v) is 0.180. The molecular formula is C6H10O2. The number of ether oxygens (including phenoxy) is 1. The molecular weight excluding hydrogens is 104 g/mol. The zero-order valence-corrected chi connectivity index (χ0v) is 5.18. The molecule has 0 heterocycles. The van der Waals surface area contributed by atoms with Crippen LogP contribution in [-0.4, -0.2) is 19.0 Å². The van der Waals surface area contributed by atoms with Crippen molar-refractivity contribution in [3.05, 3.63) is 12.7 Å². The molecule has 1 unspecified atom stereocenters. The van der Waals surface area contributed by atoms with E-state index in [9.17, 15) is 4.79 Å². The molecule has 0 saturated heterocycles. The Labute approximate surface area is 49.1 Å². The first-order valence-electron chi connectivity index (χ1n) is 2.33. The molecule has 0 bridgehead atoms. The summed E-state index contributed by atoms with van der Waals surface area (Å²) in [4.78, 5) is 10.1. The van der Waals surface area contributed by atoms with Crippen LogP contribution >= 0.6 is 0 Å². The highest BCUT2D eigenvalue weighted by atomic mass is 16.5. The molecule has 0 amide bonds. The molecule has 0 aliphatic carbocycles. The molecule has 0 aromatic rings. The van der Waals surface area contributed by atoms with Crippen molar-refractivity contribution >= 4 is 6.29 Å². The van der Waals surface area contributed by atoms with Crippen molar-refractivity contribution in [3.63, 3.8) is 0 Å². The first-order chi connectivity index (χ1) is 3.68. The standard InChI is InChI=1S/C6H10O2/c1-4-6(2,5-7)8-3/h4-5H,1H2,2-3H3. The Morgan fingerprint density at radius 1 is 1.75 bits per heavy atom. The van der Waals surface area contributed by atoms with Crippen LogP contribution < -0.4 is 0 Å². The summed E-state index contributed by atoms with van der Waals surface area (Å²) in [5.41, 5.74) is -0.792. The SMILES string of the molecule is C=CC(C)(C=O)OC. The lowest BCUT2D eigenvalue weighted by atomic mass is 10.1. The lowest BCUT2D eigenvalue weighted by Gasteiger charge is -2.14. The average molecular weight is 114 g/mol. The minimum absolute atomic E-state index is 0.708. The van der Waals surface area contributed by atoms with Crippen molar-refractivity contribution in [2.75, 3.05) is 7.11 Å². The maximum Gasteiger partial charge on any atom is 0.155 e. The first-order valence-corrected chi connectivity index (χ1v) is 2.33. The third-order valence-electron chi connectivity index (χ3n) is 1.08. The van der Waals surface area contributed by atoms with Gasteiger partial charge in [0, 0.05) is 7.11 Å². The Morgan fingerprint density at radius 3 is 2.25 bits per heavy atom. The van der Waals surface area contributed by atoms with Gasteiger partial charge in [-0.15, -0.1) is 0 Å². The van der Waals surface area contributed by atoms with E-state index in [0.717, 1.165) is 0 Å². The van der Waals surface area contributed by atoms with Crippen LogP contribution in [-0.2, 0) is 9.53 Å². The Bertz CT molecular complexity index is 88.7. The third-order valence-corrected chi connectivity index (χ3v) is 1.08. The second kappa shape index (κ2) is 2.62. The van der Waals surface area contributed by atoms with E-state index in [1.54, 1.807) is 6.92 Å². The number of carbonyl (C=O) groups excluding carboxylic acids is 1. The predicted molar refractivity (Wildman–Crippen MR) is 31.7 cm³/mol. The molecule has 0 radical (unpaired) electrons. The minimum Gasteiger partial charge on any atom is -0.367 e. The van der Waals surface area contributed by atoms with Gasteiger partial charge in [0.25, 0.3) is 0 Å². The van der Waals surface area contributed by atoms with E-state index in [2.05, 4.69) is 6.58 Å². The summed E-state index contributed by atoms with van der Waals surface area (Å²) in [7, 11) is 1.47. The van der Waals surface area contributed by atoms with Crippen molar-refractivity contribution in [3.8, 4) is 0 Å². The topological polar surface area (TPSA) is 26.3 Å². The number of rotatable bonds is 3. The van der Waals surface area contributed by atoms with Gasteiger partial charge in [-0.1, -0.05) is 12.7 Å². The van der Waals surface area contributed by atoms with Crippen molar-refractivity contribution in [2.24, 2.45) is 0 Å². The molecule has 0 N–H and O–H groups in total. The maximum absolute atomic E-state index is 10.1. The molecule has 0 saturated carbocycles. The molecule has 0 aromatic carbocycles. The van der Waals surface area contributed by atoms with E-state index in [4.69, 9.17) is 4.74 Å². The highest BCUT2D eigenvalue weighted by molar-refractivity contribution is 5.64. The van der Waals surface area contributed by atoms with E-state index >= 15 is 0 Å². The van der Waals surface area contributed by atoms with Gasteiger partial charge < -0.3 is 4.74 Å². The largest absolute Gasteiger partial charge is 0.367 e. The zero-order chi connectivity index (χ0) is 6.62. The molecule has 46 valence electrons. The molecule has 0 aliphatic rings. The van der Waals surface area contributed by atoms with E-state index < -0.39 is 5.60 Å². The molecule has 0 spiro atoms. The van der Waals surface area contributed by atoms with Crippen LogP contribution in [0.4, 0.5) is 0 Å². The molecule has 2 nitrogen and oxygen atoms in total. The van der Waals surface area contributed by atoms with E-state index in [-0.39, 0.29) is 0 Å². The maximum atomic E-state index is 10.1. The van der Waals surface area contributed by atoms with E-state index in [1.807, 2.05) is 0 Å². The van der Waals surface area contributed by atoms with E-state index in [1.165, 1.54) is 13.2 Å². The van der Waals surface area contributed by atoms with Crippen molar-refractivity contribution < 1.29 is 9.53 Å². The van der Waals surface area contributed by atoms with Gasteiger partial charge >= 0.3 is 0 Å². The highest BCUT2D eigenvalue weighted by Crippen LogP contribution is 2.03. The lowest BCUT2D eigenvalue weighted by Crippen LogP contribution is -2.25. The quantitative estimate of drug-likeness (QED) is 0.400. The number of hydrogen-bond donors (Lipinski definition) is 0. The minimum atomic E-state index is -0.792. The molecule has 0 rings (SSSR count). The molecule has 8 heavy (non-hydrogen) atoms. The van der Waals surface area contributed by atoms with Gasteiger partial charge in [-0.2, -0.15) is 0 Å². The summed E-state index contributed by atoms with van der Waals surface area (Å²) < 4.78 is 4.75. The predicted octanol–water partition coefficient (Wildman–Crippen LogP) is 0.776. The van der Waals surface area contributed by atoms with E-state index in [0.29, 0.717) is 6.29 Å². The monoisotopic (exact) mass is 114 g/mol. The zero-order valence-electron chi connectivity index (χ0n) is 5.18. The van der Waals surface area contributed by atoms with Crippen LogP contribution in [0.25, 0.3) is 0 Å². The fraction of sp³-hybridized carbons (Fsp3) is 0.500. The summed E-state index contributed by atoms with van der Waals surface area (Å²) in [6.07, 6.45) is 2.17. The Kier molecular flexibility index (Phi) is 2.42. The average Bonchev–Trinajstić information content (AvgIpc) is 1.87. The van der Waals surface area contributed by atoms with Crippen LogP contribution in [0.5, 0.6) is 0 Å². The lowest BCUT2D eigenvalue weighted by molar-refractivity contribution is -0.121. The summed E-state index contributed by atoms with van der Waals surface area (Å²) in [5.74, 6) is 0. The van der Waals surface area contributed by atoms with Crippen LogP contribution in [0, 0.1) is 0 Å². The molecule has 2 heteroatoms. The van der Waals surface area contributed by atoms with Gasteiger partial charge in [0.05, 0.1) is 0 Å². The fourth-order valence-electron chi connectivity index (χ4n) is 0.180. The number of methoxy groups -OCH3 is 1. The first kappa shape index (κ1) is 7.37. The normalized spacial score (nSPS) is 16.8. The third kappa shape index (κ3) is 1.46. The Hall–Kier alpha value is -0.630. The van der Waals surface area contributed by atoms with Gasteiger partial charge in [0.2, 0.25) is 0 Å². The Morgan fingerprint density at radius 2 is 2.25 bits per heavy atom.